The van der Waals surface area contributed by atoms with E-state index < -0.39 is 11.5 Å². The molecule has 2 fully saturated rings. The highest BCUT2D eigenvalue weighted by Crippen LogP contribution is 2.37. The molecule has 2 saturated heterocycles. The highest BCUT2D eigenvalue weighted by Gasteiger charge is 2.48. The SMILES string of the molecule is CC1(C)CC(N2CCCC2(C)C(=O)O)CCO1. The van der Waals surface area contributed by atoms with Crippen LogP contribution in [0, 0.1) is 0 Å². The Morgan fingerprint density at radius 1 is 1.41 bits per heavy atom. The van der Waals surface area contributed by atoms with Crippen molar-refractivity contribution in [2.45, 2.75) is 63.6 Å². The predicted molar refractivity (Wildman–Crippen MR) is 65.0 cm³/mol. The summed E-state index contributed by atoms with van der Waals surface area (Å²) in [7, 11) is 0. The molecular weight excluding hydrogens is 218 g/mol. The summed E-state index contributed by atoms with van der Waals surface area (Å²) < 4.78 is 5.71. The molecule has 0 bridgehead atoms. The molecule has 2 aliphatic rings. The fraction of sp³-hybridized carbons (Fsp3) is 0.923. The number of hydrogen-bond donors (Lipinski definition) is 1. The number of likely N-dealkylation sites (tertiary alicyclic amines) is 1. The molecular formula is C13H23NO3. The van der Waals surface area contributed by atoms with Gasteiger partial charge in [-0.1, -0.05) is 0 Å². The van der Waals surface area contributed by atoms with E-state index in [4.69, 9.17) is 4.74 Å². The Morgan fingerprint density at radius 3 is 2.71 bits per heavy atom. The van der Waals surface area contributed by atoms with Crippen molar-refractivity contribution in [1.82, 2.24) is 4.90 Å². The van der Waals surface area contributed by atoms with Crippen molar-refractivity contribution >= 4 is 5.97 Å². The molecule has 2 aliphatic heterocycles. The quantitative estimate of drug-likeness (QED) is 0.802. The summed E-state index contributed by atoms with van der Waals surface area (Å²) in [5.74, 6) is -0.681. The number of carbonyl (C=O) groups is 1. The minimum atomic E-state index is -0.681. The van der Waals surface area contributed by atoms with Crippen molar-refractivity contribution in [3.63, 3.8) is 0 Å². The van der Waals surface area contributed by atoms with Gasteiger partial charge in [-0.15, -0.1) is 0 Å². The first kappa shape index (κ1) is 12.8. The fourth-order valence-electron chi connectivity index (χ4n) is 3.27. The molecule has 0 aromatic carbocycles. The number of ether oxygens (including phenoxy) is 1. The van der Waals surface area contributed by atoms with Gasteiger partial charge in [0.05, 0.1) is 5.60 Å². The lowest BCUT2D eigenvalue weighted by molar-refractivity contribution is -0.154. The summed E-state index contributed by atoms with van der Waals surface area (Å²) in [6.07, 6.45) is 3.63. The summed E-state index contributed by atoms with van der Waals surface area (Å²) in [6, 6.07) is 0.349. The van der Waals surface area contributed by atoms with Crippen LogP contribution in [0.3, 0.4) is 0 Å². The van der Waals surface area contributed by atoms with Gasteiger partial charge in [-0.25, -0.2) is 0 Å². The molecule has 2 atom stereocenters. The number of hydrogen-bond acceptors (Lipinski definition) is 3. The van der Waals surface area contributed by atoms with Gasteiger partial charge in [0.1, 0.15) is 5.54 Å². The molecule has 4 heteroatoms. The highest BCUT2D eigenvalue weighted by molar-refractivity contribution is 5.78. The zero-order chi connectivity index (χ0) is 12.7. The van der Waals surface area contributed by atoms with E-state index in [1.165, 1.54) is 0 Å². The van der Waals surface area contributed by atoms with E-state index in [0.29, 0.717) is 6.04 Å². The summed E-state index contributed by atoms with van der Waals surface area (Å²) in [4.78, 5) is 13.7. The number of rotatable bonds is 2. The van der Waals surface area contributed by atoms with E-state index in [1.54, 1.807) is 0 Å². The normalized spacial score (nSPS) is 38.2. The molecule has 98 valence electrons. The van der Waals surface area contributed by atoms with Crippen molar-refractivity contribution < 1.29 is 14.6 Å². The van der Waals surface area contributed by atoms with Crippen molar-refractivity contribution in [1.29, 1.82) is 0 Å². The van der Waals surface area contributed by atoms with Crippen LogP contribution in [0.2, 0.25) is 0 Å². The monoisotopic (exact) mass is 241 g/mol. The van der Waals surface area contributed by atoms with Crippen LogP contribution in [0.1, 0.15) is 46.5 Å². The van der Waals surface area contributed by atoms with Gasteiger partial charge < -0.3 is 9.84 Å². The van der Waals surface area contributed by atoms with Gasteiger partial charge in [-0.05, 0) is 53.0 Å². The van der Waals surface area contributed by atoms with Crippen LogP contribution in [-0.4, -0.2) is 46.3 Å². The molecule has 2 rings (SSSR count). The van der Waals surface area contributed by atoms with Crippen molar-refractivity contribution in [3.8, 4) is 0 Å². The minimum absolute atomic E-state index is 0.120. The van der Waals surface area contributed by atoms with Crippen LogP contribution in [0.5, 0.6) is 0 Å². The molecule has 0 aromatic rings. The first-order chi connectivity index (χ1) is 7.85. The molecule has 4 nitrogen and oxygen atoms in total. The third-order valence-corrected chi connectivity index (χ3v) is 4.27. The Balaban J connectivity index is 2.14. The van der Waals surface area contributed by atoms with E-state index in [0.717, 1.165) is 38.8 Å². The topological polar surface area (TPSA) is 49.8 Å². The van der Waals surface area contributed by atoms with Gasteiger partial charge in [0.25, 0.3) is 0 Å². The Hall–Kier alpha value is -0.610. The largest absolute Gasteiger partial charge is 0.480 e. The molecule has 0 aliphatic carbocycles. The van der Waals surface area contributed by atoms with Crippen molar-refractivity contribution in [2.75, 3.05) is 13.2 Å². The zero-order valence-electron chi connectivity index (χ0n) is 11.0. The van der Waals surface area contributed by atoms with Gasteiger partial charge in [-0.3, -0.25) is 9.69 Å². The second kappa shape index (κ2) is 4.25. The minimum Gasteiger partial charge on any atom is -0.480 e. The number of carboxylic acid groups (broad SMARTS) is 1. The smallest absolute Gasteiger partial charge is 0.323 e. The average Bonchev–Trinajstić information content (AvgIpc) is 2.60. The molecule has 0 saturated carbocycles. The summed E-state index contributed by atoms with van der Waals surface area (Å²) in [6.45, 7) is 7.69. The first-order valence-electron chi connectivity index (χ1n) is 6.49. The third-order valence-electron chi connectivity index (χ3n) is 4.27. The van der Waals surface area contributed by atoms with Crippen LogP contribution >= 0.6 is 0 Å². The van der Waals surface area contributed by atoms with Crippen LogP contribution in [0.15, 0.2) is 0 Å². The molecule has 2 unspecified atom stereocenters. The van der Waals surface area contributed by atoms with Crippen LogP contribution < -0.4 is 0 Å². The number of aliphatic carboxylic acids is 1. The van der Waals surface area contributed by atoms with E-state index in [-0.39, 0.29) is 5.60 Å². The van der Waals surface area contributed by atoms with Gasteiger partial charge in [-0.2, -0.15) is 0 Å². The predicted octanol–water partition coefficient (Wildman–Crippen LogP) is 1.88. The summed E-state index contributed by atoms with van der Waals surface area (Å²) in [5.41, 5.74) is -0.789. The molecule has 0 aromatic heterocycles. The van der Waals surface area contributed by atoms with Crippen LogP contribution in [0.4, 0.5) is 0 Å². The molecule has 1 N–H and O–H groups in total. The first-order valence-corrected chi connectivity index (χ1v) is 6.49. The molecule has 17 heavy (non-hydrogen) atoms. The fourth-order valence-corrected chi connectivity index (χ4v) is 3.27. The average molecular weight is 241 g/mol. The van der Waals surface area contributed by atoms with Crippen molar-refractivity contribution in [2.24, 2.45) is 0 Å². The van der Waals surface area contributed by atoms with Gasteiger partial charge in [0, 0.05) is 12.6 Å². The van der Waals surface area contributed by atoms with Gasteiger partial charge in [0.15, 0.2) is 0 Å². The van der Waals surface area contributed by atoms with Crippen LogP contribution in [-0.2, 0) is 9.53 Å². The van der Waals surface area contributed by atoms with E-state index in [2.05, 4.69) is 18.7 Å². The lowest BCUT2D eigenvalue weighted by Crippen LogP contribution is -2.56. The molecule has 0 spiro atoms. The zero-order valence-corrected chi connectivity index (χ0v) is 11.0. The Morgan fingerprint density at radius 2 is 2.12 bits per heavy atom. The highest BCUT2D eigenvalue weighted by atomic mass is 16.5. The molecule has 0 amide bonds. The third kappa shape index (κ3) is 2.33. The lowest BCUT2D eigenvalue weighted by Gasteiger charge is -2.44. The Labute approximate surface area is 103 Å². The molecule has 2 heterocycles. The molecule has 0 radical (unpaired) electrons. The Kier molecular flexibility index (Phi) is 3.21. The second-order valence-corrected chi connectivity index (χ2v) is 6.13. The Bertz CT molecular complexity index is 316. The van der Waals surface area contributed by atoms with Gasteiger partial charge >= 0.3 is 5.97 Å². The van der Waals surface area contributed by atoms with Crippen molar-refractivity contribution in [3.05, 3.63) is 0 Å². The van der Waals surface area contributed by atoms with E-state index in [9.17, 15) is 9.90 Å². The number of carboxylic acids is 1. The lowest BCUT2D eigenvalue weighted by atomic mass is 9.89. The van der Waals surface area contributed by atoms with E-state index >= 15 is 0 Å². The van der Waals surface area contributed by atoms with Crippen LogP contribution in [0.25, 0.3) is 0 Å². The number of nitrogens with zero attached hydrogens (tertiary/aromatic N) is 1. The maximum absolute atomic E-state index is 11.5. The van der Waals surface area contributed by atoms with E-state index in [1.807, 2.05) is 6.92 Å². The summed E-state index contributed by atoms with van der Waals surface area (Å²) in [5, 5.41) is 9.43. The standard InChI is InChI=1S/C13H23NO3/c1-12(2)9-10(5-8-17-12)14-7-4-6-13(14,3)11(15)16/h10H,4-9H2,1-3H3,(H,15,16). The summed E-state index contributed by atoms with van der Waals surface area (Å²) >= 11 is 0. The van der Waals surface area contributed by atoms with Gasteiger partial charge in [0.2, 0.25) is 0 Å². The second-order valence-electron chi connectivity index (χ2n) is 6.13. The maximum Gasteiger partial charge on any atom is 0.323 e. The maximum atomic E-state index is 11.5.